The number of hydrogen-bond acceptors (Lipinski definition) is 4. The van der Waals surface area contributed by atoms with Gasteiger partial charge in [-0.05, 0) is 38.1 Å². The molecule has 0 aromatic heterocycles. The minimum absolute atomic E-state index is 0.0297. The summed E-state index contributed by atoms with van der Waals surface area (Å²) in [6, 6.07) is 4.69. The number of likely N-dealkylation sites (N-methyl/N-ethyl adjacent to an activating group) is 1. The minimum atomic E-state index is -3.00. The summed E-state index contributed by atoms with van der Waals surface area (Å²) in [5, 5.41) is 3.78. The molecule has 0 unspecified atom stereocenters. The van der Waals surface area contributed by atoms with Crippen LogP contribution >= 0.6 is 23.2 Å². The van der Waals surface area contributed by atoms with Crippen molar-refractivity contribution in [2.24, 2.45) is 0 Å². The summed E-state index contributed by atoms with van der Waals surface area (Å²) in [5.41, 5.74) is 0.949. The van der Waals surface area contributed by atoms with Crippen molar-refractivity contribution in [2.75, 3.05) is 18.6 Å². The van der Waals surface area contributed by atoms with Crippen LogP contribution in [0.3, 0.4) is 0 Å². The maximum atomic E-state index is 12.3. The molecular weight excluding hydrogens is 359 g/mol. The molecule has 1 amide bonds. The van der Waals surface area contributed by atoms with Crippen molar-refractivity contribution in [1.82, 2.24) is 10.2 Å². The highest BCUT2D eigenvalue weighted by atomic mass is 35.5. The molecule has 23 heavy (non-hydrogen) atoms. The predicted molar refractivity (Wildman–Crippen MR) is 92.6 cm³/mol. The zero-order valence-electron chi connectivity index (χ0n) is 13.1. The first kappa shape index (κ1) is 18.5. The fourth-order valence-electron chi connectivity index (χ4n) is 2.49. The normalized spacial score (nSPS) is 21.3. The Morgan fingerprint density at radius 2 is 2.09 bits per heavy atom. The van der Waals surface area contributed by atoms with Gasteiger partial charge in [0.15, 0.2) is 9.84 Å². The second-order valence-electron chi connectivity index (χ2n) is 5.95. The third-order valence-electron chi connectivity index (χ3n) is 4.04. The van der Waals surface area contributed by atoms with E-state index in [2.05, 4.69) is 5.32 Å². The quantitative estimate of drug-likeness (QED) is 0.851. The van der Waals surface area contributed by atoms with E-state index in [-0.39, 0.29) is 29.5 Å². The number of halogens is 2. The molecular formula is C15H20Cl2N2O3S. The van der Waals surface area contributed by atoms with E-state index >= 15 is 0 Å². The van der Waals surface area contributed by atoms with Gasteiger partial charge in [0.2, 0.25) is 5.91 Å². The average Bonchev–Trinajstić information content (AvgIpc) is 2.81. The zero-order chi connectivity index (χ0) is 17.2. The molecule has 1 N–H and O–H groups in total. The highest BCUT2D eigenvalue weighted by molar-refractivity contribution is 7.91. The molecule has 2 rings (SSSR count). The zero-order valence-corrected chi connectivity index (χ0v) is 15.4. The Labute approximate surface area is 146 Å². The molecule has 1 aliphatic rings. The van der Waals surface area contributed by atoms with E-state index in [1.807, 2.05) is 18.0 Å². The summed E-state index contributed by atoms with van der Waals surface area (Å²) in [7, 11) is -1.17. The fourth-order valence-corrected chi connectivity index (χ4v) is 4.49. The van der Waals surface area contributed by atoms with Gasteiger partial charge in [-0.2, -0.15) is 0 Å². The predicted octanol–water partition coefficient (Wildman–Crippen LogP) is 2.12. The van der Waals surface area contributed by atoms with Crippen LogP contribution in [0.1, 0.15) is 18.9 Å². The summed E-state index contributed by atoms with van der Waals surface area (Å²) in [6.07, 6.45) is 0.483. The Balaban J connectivity index is 1.92. The smallest absolute Gasteiger partial charge is 0.237 e. The first-order chi connectivity index (χ1) is 10.7. The molecule has 1 aromatic rings. The molecule has 1 heterocycles. The summed E-state index contributed by atoms with van der Waals surface area (Å²) >= 11 is 11.9. The van der Waals surface area contributed by atoms with Gasteiger partial charge in [0.25, 0.3) is 0 Å². The van der Waals surface area contributed by atoms with Crippen LogP contribution in [0, 0.1) is 0 Å². The van der Waals surface area contributed by atoms with Gasteiger partial charge in [0, 0.05) is 12.6 Å². The molecule has 1 fully saturated rings. The second kappa shape index (κ2) is 7.38. The van der Waals surface area contributed by atoms with Crippen molar-refractivity contribution in [2.45, 2.75) is 32.0 Å². The van der Waals surface area contributed by atoms with E-state index in [4.69, 9.17) is 23.2 Å². The lowest BCUT2D eigenvalue weighted by Crippen LogP contribution is -2.47. The fraction of sp³-hybridized carbons (Fsp3) is 0.533. The molecule has 5 nitrogen and oxygen atoms in total. The second-order valence-corrected chi connectivity index (χ2v) is 8.99. The molecule has 1 saturated heterocycles. The Bertz CT molecular complexity index is 694. The van der Waals surface area contributed by atoms with Crippen LogP contribution in [0.2, 0.25) is 10.0 Å². The van der Waals surface area contributed by atoms with E-state index in [1.165, 1.54) is 0 Å². The number of amides is 1. The van der Waals surface area contributed by atoms with E-state index in [1.54, 1.807) is 19.1 Å². The SMILES string of the molecule is C[C@H](C(=O)N[C@@H]1CCS(=O)(=O)C1)N(C)Cc1ccc(Cl)c(Cl)c1. The van der Waals surface area contributed by atoms with E-state index < -0.39 is 9.84 Å². The van der Waals surface area contributed by atoms with E-state index in [0.717, 1.165) is 5.56 Å². The number of carbonyl (C=O) groups excluding carboxylic acids is 1. The minimum Gasteiger partial charge on any atom is -0.351 e. The van der Waals surface area contributed by atoms with Crippen molar-refractivity contribution >= 4 is 38.9 Å². The summed E-state index contributed by atoms with van der Waals surface area (Å²) in [5.74, 6) is 0.00240. The van der Waals surface area contributed by atoms with Crippen LogP contribution in [0.15, 0.2) is 18.2 Å². The van der Waals surface area contributed by atoms with Crippen molar-refractivity contribution in [3.63, 3.8) is 0 Å². The van der Waals surface area contributed by atoms with E-state index in [0.29, 0.717) is 23.0 Å². The van der Waals surface area contributed by atoms with Crippen LogP contribution in [-0.2, 0) is 21.2 Å². The number of sulfone groups is 1. The molecule has 0 aliphatic carbocycles. The molecule has 128 valence electrons. The summed E-state index contributed by atoms with van der Waals surface area (Å²) < 4.78 is 22.9. The maximum Gasteiger partial charge on any atom is 0.237 e. The summed E-state index contributed by atoms with van der Waals surface area (Å²) in [6.45, 7) is 2.32. The molecule has 8 heteroatoms. The standard InChI is InChI=1S/C15H20Cl2N2O3S/c1-10(15(20)18-12-5-6-23(21,22)9-12)19(2)8-11-3-4-13(16)14(17)7-11/h3-4,7,10,12H,5-6,8-9H2,1-2H3,(H,18,20)/t10-,12-/m1/s1. The third-order valence-corrected chi connectivity index (χ3v) is 6.54. The molecule has 1 aromatic carbocycles. The van der Waals surface area contributed by atoms with Gasteiger partial charge in [0.1, 0.15) is 0 Å². The van der Waals surface area contributed by atoms with Crippen LogP contribution in [-0.4, -0.2) is 49.9 Å². The number of rotatable bonds is 5. The molecule has 1 aliphatic heterocycles. The molecule has 0 spiro atoms. The number of hydrogen-bond donors (Lipinski definition) is 1. The van der Waals surface area contributed by atoms with Crippen LogP contribution < -0.4 is 5.32 Å². The van der Waals surface area contributed by atoms with Gasteiger partial charge in [-0.25, -0.2) is 8.42 Å². The summed E-state index contributed by atoms with van der Waals surface area (Å²) in [4.78, 5) is 14.1. The van der Waals surface area contributed by atoms with Crippen molar-refractivity contribution in [3.05, 3.63) is 33.8 Å². The van der Waals surface area contributed by atoms with Crippen molar-refractivity contribution in [1.29, 1.82) is 0 Å². The number of nitrogens with one attached hydrogen (secondary N) is 1. The largest absolute Gasteiger partial charge is 0.351 e. The molecule has 2 atom stereocenters. The highest BCUT2D eigenvalue weighted by Crippen LogP contribution is 2.23. The Morgan fingerprint density at radius 1 is 1.39 bits per heavy atom. The molecule has 0 bridgehead atoms. The number of nitrogens with zero attached hydrogens (tertiary/aromatic N) is 1. The van der Waals surface area contributed by atoms with Gasteiger partial charge in [-0.15, -0.1) is 0 Å². The molecule has 0 saturated carbocycles. The lowest BCUT2D eigenvalue weighted by atomic mass is 10.1. The molecule has 0 radical (unpaired) electrons. The number of carbonyl (C=O) groups is 1. The van der Waals surface area contributed by atoms with Gasteiger partial charge >= 0.3 is 0 Å². The number of benzene rings is 1. The maximum absolute atomic E-state index is 12.3. The van der Waals surface area contributed by atoms with Gasteiger partial charge in [-0.3, -0.25) is 9.69 Å². The van der Waals surface area contributed by atoms with Gasteiger partial charge in [-0.1, -0.05) is 29.3 Å². The van der Waals surface area contributed by atoms with Gasteiger partial charge < -0.3 is 5.32 Å². The Kier molecular flexibility index (Phi) is 5.94. The lowest BCUT2D eigenvalue weighted by molar-refractivity contribution is -0.126. The van der Waals surface area contributed by atoms with Gasteiger partial charge in [0.05, 0.1) is 27.6 Å². The Hall–Kier alpha value is -0.820. The van der Waals surface area contributed by atoms with Crippen LogP contribution in [0.25, 0.3) is 0 Å². The average molecular weight is 379 g/mol. The first-order valence-corrected chi connectivity index (χ1v) is 9.90. The highest BCUT2D eigenvalue weighted by Gasteiger charge is 2.30. The van der Waals surface area contributed by atoms with E-state index in [9.17, 15) is 13.2 Å². The lowest BCUT2D eigenvalue weighted by Gasteiger charge is -2.25. The van der Waals surface area contributed by atoms with Crippen molar-refractivity contribution in [3.8, 4) is 0 Å². The topological polar surface area (TPSA) is 66.5 Å². The van der Waals surface area contributed by atoms with Crippen LogP contribution in [0.4, 0.5) is 0 Å². The van der Waals surface area contributed by atoms with Crippen LogP contribution in [0.5, 0.6) is 0 Å². The Morgan fingerprint density at radius 3 is 2.65 bits per heavy atom. The first-order valence-electron chi connectivity index (χ1n) is 7.33. The monoisotopic (exact) mass is 378 g/mol. The van der Waals surface area contributed by atoms with Crippen molar-refractivity contribution < 1.29 is 13.2 Å². The third kappa shape index (κ3) is 5.08.